The van der Waals surface area contributed by atoms with Gasteiger partial charge in [-0.05, 0) is 37.0 Å². The number of nitrogens with zero attached hydrogens (tertiary/aromatic N) is 2. The van der Waals surface area contributed by atoms with Gasteiger partial charge in [-0.1, -0.05) is 43.3 Å². The number of benzene rings is 2. The number of aromatic nitrogens is 2. The van der Waals surface area contributed by atoms with E-state index in [0.717, 1.165) is 35.0 Å². The first-order valence-electron chi connectivity index (χ1n) is 11.6. The van der Waals surface area contributed by atoms with E-state index in [4.69, 9.17) is 23.9 Å². The van der Waals surface area contributed by atoms with E-state index in [1.54, 1.807) is 6.33 Å². The summed E-state index contributed by atoms with van der Waals surface area (Å²) in [5, 5.41) is 0.993. The SMILES string of the molecule is C=C(C)c1cccc(CC(CC)c2ncnc3cc4c(cc23)OCCOCCOCCO4)c1. The van der Waals surface area contributed by atoms with Crippen molar-refractivity contribution in [3.05, 3.63) is 66.1 Å². The van der Waals surface area contributed by atoms with Crippen LogP contribution in [0, 0.1) is 0 Å². The molecule has 2 heterocycles. The fourth-order valence-corrected chi connectivity index (χ4v) is 4.06. The number of hydrogen-bond donors (Lipinski definition) is 0. The minimum Gasteiger partial charge on any atom is -0.487 e. The highest BCUT2D eigenvalue weighted by Crippen LogP contribution is 2.36. The lowest BCUT2D eigenvalue weighted by atomic mass is 9.90. The fourth-order valence-electron chi connectivity index (χ4n) is 4.06. The molecule has 2 aromatic carbocycles. The van der Waals surface area contributed by atoms with E-state index in [-0.39, 0.29) is 5.92 Å². The Morgan fingerprint density at radius 3 is 2.33 bits per heavy atom. The quantitative estimate of drug-likeness (QED) is 0.534. The van der Waals surface area contributed by atoms with Gasteiger partial charge >= 0.3 is 0 Å². The number of allylic oxidation sites excluding steroid dienone is 1. The van der Waals surface area contributed by atoms with Gasteiger partial charge in [0.2, 0.25) is 0 Å². The van der Waals surface area contributed by atoms with E-state index in [1.165, 1.54) is 11.1 Å². The lowest BCUT2D eigenvalue weighted by Gasteiger charge is -2.19. The first kappa shape index (κ1) is 23.2. The number of fused-ring (bicyclic) bond motifs is 2. The summed E-state index contributed by atoms with van der Waals surface area (Å²) in [5.41, 5.74) is 5.39. The molecule has 33 heavy (non-hydrogen) atoms. The van der Waals surface area contributed by atoms with Gasteiger partial charge in [0.15, 0.2) is 11.5 Å². The minimum atomic E-state index is 0.248. The van der Waals surface area contributed by atoms with Crippen LogP contribution < -0.4 is 9.47 Å². The first-order chi connectivity index (χ1) is 16.2. The van der Waals surface area contributed by atoms with Crippen molar-refractivity contribution in [3.63, 3.8) is 0 Å². The van der Waals surface area contributed by atoms with Crippen molar-refractivity contribution in [2.75, 3.05) is 39.6 Å². The zero-order valence-electron chi connectivity index (χ0n) is 19.5. The van der Waals surface area contributed by atoms with E-state index in [1.807, 2.05) is 19.1 Å². The number of ether oxygens (including phenoxy) is 4. The van der Waals surface area contributed by atoms with Crippen LogP contribution in [0.3, 0.4) is 0 Å². The van der Waals surface area contributed by atoms with Crippen LogP contribution in [0.5, 0.6) is 11.5 Å². The van der Waals surface area contributed by atoms with Crippen molar-refractivity contribution in [1.82, 2.24) is 9.97 Å². The van der Waals surface area contributed by atoms with Gasteiger partial charge in [0.25, 0.3) is 0 Å². The van der Waals surface area contributed by atoms with E-state index >= 15 is 0 Å². The summed E-state index contributed by atoms with van der Waals surface area (Å²) in [7, 11) is 0. The molecule has 1 aliphatic heterocycles. The molecule has 0 radical (unpaired) electrons. The summed E-state index contributed by atoms with van der Waals surface area (Å²) in [6, 6.07) is 12.6. The molecule has 6 heteroatoms. The van der Waals surface area contributed by atoms with Crippen molar-refractivity contribution in [3.8, 4) is 11.5 Å². The van der Waals surface area contributed by atoms with Gasteiger partial charge in [0.1, 0.15) is 19.5 Å². The van der Waals surface area contributed by atoms with Gasteiger partial charge < -0.3 is 18.9 Å². The van der Waals surface area contributed by atoms with Crippen molar-refractivity contribution >= 4 is 16.5 Å². The largest absolute Gasteiger partial charge is 0.487 e. The second-order valence-electron chi connectivity index (χ2n) is 8.29. The maximum absolute atomic E-state index is 6.04. The Morgan fingerprint density at radius 2 is 1.64 bits per heavy atom. The van der Waals surface area contributed by atoms with Crippen LogP contribution in [0.4, 0.5) is 0 Å². The molecule has 1 aliphatic rings. The third-order valence-corrected chi connectivity index (χ3v) is 5.86. The average molecular weight is 449 g/mol. The molecule has 0 saturated heterocycles. The van der Waals surface area contributed by atoms with Crippen LogP contribution in [0.1, 0.15) is 43.0 Å². The molecule has 0 N–H and O–H groups in total. The van der Waals surface area contributed by atoms with Gasteiger partial charge in [-0.25, -0.2) is 9.97 Å². The maximum Gasteiger partial charge on any atom is 0.163 e. The molecule has 174 valence electrons. The molecular formula is C27H32N2O4. The van der Waals surface area contributed by atoms with Gasteiger partial charge in [-0.2, -0.15) is 0 Å². The highest BCUT2D eigenvalue weighted by atomic mass is 16.6. The fraction of sp³-hybridized carbons (Fsp3) is 0.407. The maximum atomic E-state index is 6.04. The first-order valence-corrected chi connectivity index (χ1v) is 11.6. The topological polar surface area (TPSA) is 62.7 Å². The van der Waals surface area contributed by atoms with Crippen molar-refractivity contribution in [2.45, 2.75) is 32.6 Å². The molecule has 1 aromatic heterocycles. The van der Waals surface area contributed by atoms with Gasteiger partial charge in [-0.15, -0.1) is 0 Å². The van der Waals surface area contributed by atoms with Crippen molar-refractivity contribution in [2.24, 2.45) is 0 Å². The molecule has 0 saturated carbocycles. The summed E-state index contributed by atoms with van der Waals surface area (Å²) in [5.74, 6) is 1.60. The molecule has 4 rings (SSSR count). The zero-order chi connectivity index (χ0) is 23.0. The summed E-state index contributed by atoms with van der Waals surface area (Å²) in [6.07, 6.45) is 3.50. The highest BCUT2D eigenvalue weighted by molar-refractivity contribution is 5.85. The van der Waals surface area contributed by atoms with E-state index in [0.29, 0.717) is 51.1 Å². The second kappa shape index (κ2) is 11.3. The molecule has 3 aromatic rings. The Hall–Kier alpha value is -2.96. The van der Waals surface area contributed by atoms with Gasteiger partial charge in [0.05, 0.1) is 37.6 Å². The predicted molar refractivity (Wildman–Crippen MR) is 130 cm³/mol. The lowest BCUT2D eigenvalue weighted by Crippen LogP contribution is -2.16. The molecule has 0 aliphatic carbocycles. The molecule has 0 fully saturated rings. The lowest BCUT2D eigenvalue weighted by molar-refractivity contribution is 0.0224. The van der Waals surface area contributed by atoms with Crippen LogP contribution in [-0.4, -0.2) is 49.6 Å². The van der Waals surface area contributed by atoms with Crippen molar-refractivity contribution < 1.29 is 18.9 Å². The van der Waals surface area contributed by atoms with E-state index in [9.17, 15) is 0 Å². The third kappa shape index (κ3) is 5.89. The smallest absolute Gasteiger partial charge is 0.163 e. The standard InChI is InChI=1S/C27H32N2O4/c1-4-21(14-20-6-5-7-22(15-20)19(2)3)27-23-16-25-26(17-24(23)28-18-29-27)33-13-11-31-9-8-30-10-12-32-25/h5-7,15-18,21H,2,4,8-14H2,1,3H3. The summed E-state index contributed by atoms with van der Waals surface area (Å²) in [6.45, 7) is 11.3. The molecule has 1 unspecified atom stereocenters. The summed E-state index contributed by atoms with van der Waals surface area (Å²) in [4.78, 5) is 9.24. The number of rotatable bonds is 5. The molecular weight excluding hydrogens is 416 g/mol. The van der Waals surface area contributed by atoms with Crippen LogP contribution >= 0.6 is 0 Å². The Balaban J connectivity index is 1.67. The number of hydrogen-bond acceptors (Lipinski definition) is 6. The van der Waals surface area contributed by atoms with Crippen LogP contribution in [0.25, 0.3) is 16.5 Å². The Bertz CT molecular complexity index is 1100. The molecule has 1 atom stereocenters. The molecule has 0 amide bonds. The summed E-state index contributed by atoms with van der Waals surface area (Å²) < 4.78 is 23.1. The second-order valence-corrected chi connectivity index (χ2v) is 8.29. The highest BCUT2D eigenvalue weighted by Gasteiger charge is 2.19. The Kier molecular flexibility index (Phi) is 7.92. The van der Waals surface area contributed by atoms with Gasteiger partial charge in [0, 0.05) is 17.4 Å². The Labute approximate surface area is 195 Å². The monoisotopic (exact) mass is 448 g/mol. The zero-order valence-corrected chi connectivity index (χ0v) is 19.5. The Morgan fingerprint density at radius 1 is 0.939 bits per heavy atom. The van der Waals surface area contributed by atoms with E-state index < -0.39 is 0 Å². The third-order valence-electron chi connectivity index (χ3n) is 5.86. The predicted octanol–water partition coefficient (Wildman–Crippen LogP) is 5.20. The van der Waals surface area contributed by atoms with E-state index in [2.05, 4.69) is 42.8 Å². The van der Waals surface area contributed by atoms with Crippen LogP contribution in [0.15, 0.2) is 49.3 Å². The van der Waals surface area contributed by atoms with Crippen LogP contribution in [0.2, 0.25) is 0 Å². The average Bonchev–Trinajstić information content (AvgIpc) is 2.82. The minimum absolute atomic E-state index is 0.248. The summed E-state index contributed by atoms with van der Waals surface area (Å²) >= 11 is 0. The normalized spacial score (nSPS) is 15.9. The van der Waals surface area contributed by atoms with Crippen LogP contribution in [-0.2, 0) is 15.9 Å². The van der Waals surface area contributed by atoms with Gasteiger partial charge in [-0.3, -0.25) is 0 Å². The molecule has 0 bridgehead atoms. The molecule has 6 nitrogen and oxygen atoms in total. The molecule has 0 spiro atoms. The van der Waals surface area contributed by atoms with Crippen molar-refractivity contribution in [1.29, 1.82) is 0 Å².